The molecule has 3 nitrogen and oxygen atoms in total. The van der Waals surface area contributed by atoms with Crippen LogP contribution < -0.4 is 5.32 Å². The van der Waals surface area contributed by atoms with E-state index in [9.17, 15) is 4.39 Å². The van der Waals surface area contributed by atoms with E-state index in [0.717, 1.165) is 23.5 Å². The summed E-state index contributed by atoms with van der Waals surface area (Å²) in [5, 5.41) is 3.34. The van der Waals surface area contributed by atoms with Crippen LogP contribution in [0.15, 0.2) is 36.7 Å². The van der Waals surface area contributed by atoms with Gasteiger partial charge in [0, 0.05) is 5.69 Å². The number of hydrogen-bond donors (Lipinski definition) is 1. The normalized spacial score (nSPS) is 12.2. The van der Waals surface area contributed by atoms with Crippen LogP contribution >= 0.6 is 0 Å². The van der Waals surface area contributed by atoms with Gasteiger partial charge in [0.25, 0.3) is 0 Å². The highest BCUT2D eigenvalue weighted by atomic mass is 19.1. The lowest BCUT2D eigenvalue weighted by Crippen LogP contribution is -2.11. The van der Waals surface area contributed by atoms with Crippen molar-refractivity contribution in [3.63, 3.8) is 0 Å². The predicted octanol–water partition coefficient (Wildman–Crippen LogP) is 3.49. The van der Waals surface area contributed by atoms with E-state index in [1.807, 2.05) is 19.1 Å². The summed E-state index contributed by atoms with van der Waals surface area (Å²) in [5.41, 5.74) is 2.76. The molecule has 4 heteroatoms. The van der Waals surface area contributed by atoms with Crippen molar-refractivity contribution in [3.05, 3.63) is 53.9 Å². The third-order valence-corrected chi connectivity index (χ3v) is 2.77. The van der Waals surface area contributed by atoms with Crippen molar-refractivity contribution >= 4 is 5.69 Å². The number of nitrogens with zero attached hydrogens (tertiary/aromatic N) is 2. The van der Waals surface area contributed by atoms with Crippen molar-refractivity contribution in [2.45, 2.75) is 26.3 Å². The maximum atomic E-state index is 12.8. The molecule has 0 amide bonds. The average Bonchev–Trinajstić information content (AvgIpc) is 2.39. The van der Waals surface area contributed by atoms with Gasteiger partial charge in [-0.15, -0.1) is 0 Å². The minimum Gasteiger partial charge on any atom is -0.375 e. The summed E-state index contributed by atoms with van der Waals surface area (Å²) >= 11 is 0. The van der Waals surface area contributed by atoms with Crippen LogP contribution in [0, 0.1) is 12.7 Å². The van der Waals surface area contributed by atoms with Crippen molar-refractivity contribution in [3.8, 4) is 0 Å². The lowest BCUT2D eigenvalue weighted by Gasteiger charge is -2.17. The molecular formula is C14H16FN3. The maximum absolute atomic E-state index is 12.8. The predicted molar refractivity (Wildman–Crippen MR) is 69.8 cm³/mol. The zero-order valence-electron chi connectivity index (χ0n) is 10.5. The third kappa shape index (κ3) is 3.03. The molecule has 2 heterocycles. The Bertz CT molecular complexity index is 493. The topological polar surface area (TPSA) is 37.8 Å². The van der Waals surface area contributed by atoms with Gasteiger partial charge < -0.3 is 5.32 Å². The number of pyridine rings is 2. The molecule has 1 unspecified atom stereocenters. The van der Waals surface area contributed by atoms with Crippen molar-refractivity contribution in [2.75, 3.05) is 5.32 Å². The van der Waals surface area contributed by atoms with Crippen LogP contribution in [0.2, 0.25) is 0 Å². The van der Waals surface area contributed by atoms with Crippen LogP contribution in [-0.2, 0) is 0 Å². The second-order valence-corrected chi connectivity index (χ2v) is 4.19. The number of aromatic nitrogens is 2. The molecule has 0 aromatic carbocycles. The van der Waals surface area contributed by atoms with Gasteiger partial charge in [-0.25, -0.2) is 4.39 Å². The minimum absolute atomic E-state index is 0.0649. The fourth-order valence-electron chi connectivity index (χ4n) is 1.73. The van der Waals surface area contributed by atoms with Gasteiger partial charge in [0.2, 0.25) is 0 Å². The molecule has 0 saturated carbocycles. The number of aryl methyl sites for hydroxylation is 1. The summed E-state index contributed by atoms with van der Waals surface area (Å²) in [6.07, 6.45) is 3.90. The van der Waals surface area contributed by atoms with Gasteiger partial charge in [0.15, 0.2) is 0 Å². The zero-order chi connectivity index (χ0) is 13.0. The quantitative estimate of drug-likeness (QED) is 0.896. The van der Waals surface area contributed by atoms with E-state index >= 15 is 0 Å². The zero-order valence-corrected chi connectivity index (χ0v) is 10.5. The fraction of sp³-hybridized carbons (Fsp3) is 0.286. The van der Waals surface area contributed by atoms with Gasteiger partial charge in [-0.2, -0.15) is 0 Å². The number of anilines is 1. The van der Waals surface area contributed by atoms with Crippen LogP contribution in [-0.4, -0.2) is 9.97 Å². The summed E-state index contributed by atoms with van der Waals surface area (Å²) in [6.45, 7) is 4.01. The summed E-state index contributed by atoms with van der Waals surface area (Å²) < 4.78 is 12.8. The summed E-state index contributed by atoms with van der Waals surface area (Å²) in [4.78, 5) is 8.34. The molecule has 0 aliphatic rings. The van der Waals surface area contributed by atoms with E-state index < -0.39 is 0 Å². The molecule has 94 valence electrons. The second-order valence-electron chi connectivity index (χ2n) is 4.19. The molecule has 2 aromatic rings. The summed E-state index contributed by atoms with van der Waals surface area (Å²) in [7, 11) is 0. The first-order chi connectivity index (χ1) is 8.69. The average molecular weight is 245 g/mol. The van der Waals surface area contributed by atoms with Crippen molar-refractivity contribution in [1.82, 2.24) is 9.97 Å². The number of nitrogens with one attached hydrogen (secondary N) is 1. The second kappa shape index (κ2) is 5.58. The fourth-order valence-corrected chi connectivity index (χ4v) is 1.73. The molecular weight excluding hydrogens is 229 g/mol. The first kappa shape index (κ1) is 12.5. The largest absolute Gasteiger partial charge is 0.375 e. The Morgan fingerprint density at radius 3 is 2.56 bits per heavy atom. The molecule has 18 heavy (non-hydrogen) atoms. The van der Waals surface area contributed by atoms with Crippen LogP contribution in [0.3, 0.4) is 0 Å². The highest BCUT2D eigenvalue weighted by Crippen LogP contribution is 2.20. The first-order valence-electron chi connectivity index (χ1n) is 5.99. The van der Waals surface area contributed by atoms with Crippen molar-refractivity contribution < 1.29 is 4.39 Å². The number of rotatable bonds is 4. The SMILES string of the molecule is CCC(Nc1ccc(C)nc1)c1ccc(F)cn1. The molecule has 1 atom stereocenters. The van der Waals surface area contributed by atoms with E-state index in [4.69, 9.17) is 0 Å². The third-order valence-electron chi connectivity index (χ3n) is 2.77. The van der Waals surface area contributed by atoms with E-state index in [1.165, 1.54) is 12.3 Å². The molecule has 1 N–H and O–H groups in total. The van der Waals surface area contributed by atoms with Gasteiger partial charge in [0.1, 0.15) is 5.82 Å². The van der Waals surface area contributed by atoms with Gasteiger partial charge in [-0.1, -0.05) is 6.92 Å². The monoisotopic (exact) mass is 245 g/mol. The van der Waals surface area contributed by atoms with E-state index in [1.54, 1.807) is 12.3 Å². The number of halogens is 1. The molecule has 0 fully saturated rings. The van der Waals surface area contributed by atoms with E-state index in [0.29, 0.717) is 0 Å². The Morgan fingerprint density at radius 1 is 1.17 bits per heavy atom. The molecule has 0 saturated heterocycles. The van der Waals surface area contributed by atoms with Crippen LogP contribution in [0.5, 0.6) is 0 Å². The maximum Gasteiger partial charge on any atom is 0.141 e. The smallest absolute Gasteiger partial charge is 0.141 e. The Hall–Kier alpha value is -1.97. The van der Waals surface area contributed by atoms with E-state index in [2.05, 4.69) is 22.2 Å². The molecule has 0 spiro atoms. The van der Waals surface area contributed by atoms with Gasteiger partial charge in [-0.3, -0.25) is 9.97 Å². The molecule has 0 radical (unpaired) electrons. The van der Waals surface area contributed by atoms with E-state index in [-0.39, 0.29) is 11.9 Å². The van der Waals surface area contributed by atoms with Crippen molar-refractivity contribution in [2.24, 2.45) is 0 Å². The highest BCUT2D eigenvalue weighted by Gasteiger charge is 2.10. The molecule has 2 rings (SSSR count). The minimum atomic E-state index is -0.314. The standard InChI is InChI=1S/C14H16FN3/c1-3-13(14-7-5-11(15)8-17-14)18-12-6-4-10(2)16-9-12/h4-9,13,18H,3H2,1-2H3. The lowest BCUT2D eigenvalue weighted by molar-refractivity contribution is 0.614. The Balaban J connectivity index is 2.14. The molecule has 0 aliphatic heterocycles. The summed E-state index contributed by atoms with van der Waals surface area (Å²) in [5.74, 6) is -0.314. The molecule has 2 aromatic heterocycles. The number of hydrogen-bond acceptors (Lipinski definition) is 3. The van der Waals surface area contributed by atoms with Crippen molar-refractivity contribution in [1.29, 1.82) is 0 Å². The van der Waals surface area contributed by atoms with Crippen LogP contribution in [0.1, 0.15) is 30.8 Å². The summed E-state index contributed by atoms with van der Waals surface area (Å²) in [6, 6.07) is 7.13. The highest BCUT2D eigenvalue weighted by molar-refractivity contribution is 5.43. The Kier molecular flexibility index (Phi) is 3.87. The van der Waals surface area contributed by atoms with Gasteiger partial charge in [0.05, 0.1) is 29.8 Å². The first-order valence-corrected chi connectivity index (χ1v) is 5.99. The van der Waals surface area contributed by atoms with Crippen LogP contribution in [0.25, 0.3) is 0 Å². The molecule has 0 bridgehead atoms. The Labute approximate surface area is 106 Å². The Morgan fingerprint density at radius 2 is 2.00 bits per heavy atom. The van der Waals surface area contributed by atoms with Gasteiger partial charge in [-0.05, 0) is 37.6 Å². The molecule has 0 aliphatic carbocycles. The van der Waals surface area contributed by atoms with Gasteiger partial charge >= 0.3 is 0 Å². The van der Waals surface area contributed by atoms with Crippen LogP contribution in [0.4, 0.5) is 10.1 Å². The lowest BCUT2D eigenvalue weighted by atomic mass is 10.1.